The lowest BCUT2D eigenvalue weighted by atomic mass is 10.2. The maximum Gasteiger partial charge on any atom is 0.236 e. The van der Waals surface area contributed by atoms with Gasteiger partial charge in [0.05, 0.1) is 39.8 Å². The molecule has 0 aliphatic heterocycles. The Morgan fingerprint density at radius 1 is 1.14 bits per heavy atom. The van der Waals surface area contributed by atoms with Crippen molar-refractivity contribution in [1.29, 1.82) is 0 Å². The molecule has 7 heteroatoms. The van der Waals surface area contributed by atoms with Crippen LogP contribution in [0.3, 0.4) is 0 Å². The molecule has 6 nitrogen and oxygen atoms in total. The first-order valence-electron chi connectivity index (χ1n) is 9.35. The maximum absolute atomic E-state index is 12.7. The molecule has 4 aromatic rings. The minimum atomic E-state index is -0.145. The predicted octanol–water partition coefficient (Wildman–Crippen LogP) is 5.00. The van der Waals surface area contributed by atoms with Crippen molar-refractivity contribution in [3.63, 3.8) is 0 Å². The van der Waals surface area contributed by atoms with Gasteiger partial charge in [-0.15, -0.1) is 11.3 Å². The SMILES string of the molecule is Cc1ccc(-n2nc(C)c(NC(=O)Cc3nc(-c4cccs4)oc3C)c2C)cc1. The Bertz CT molecular complexity index is 1150. The Morgan fingerprint density at radius 3 is 2.59 bits per heavy atom. The van der Waals surface area contributed by atoms with Crippen LogP contribution in [0.25, 0.3) is 16.5 Å². The van der Waals surface area contributed by atoms with Gasteiger partial charge < -0.3 is 9.73 Å². The van der Waals surface area contributed by atoms with E-state index in [1.165, 1.54) is 5.56 Å². The second-order valence-corrected chi connectivity index (χ2v) is 7.97. The van der Waals surface area contributed by atoms with Crippen molar-refractivity contribution in [3.05, 3.63) is 70.2 Å². The highest BCUT2D eigenvalue weighted by molar-refractivity contribution is 7.13. The molecular formula is C22H22N4O2S. The van der Waals surface area contributed by atoms with E-state index in [1.807, 2.05) is 74.2 Å². The van der Waals surface area contributed by atoms with E-state index >= 15 is 0 Å². The highest BCUT2D eigenvalue weighted by Crippen LogP contribution is 2.27. The van der Waals surface area contributed by atoms with Gasteiger partial charge >= 0.3 is 0 Å². The van der Waals surface area contributed by atoms with E-state index in [4.69, 9.17) is 4.42 Å². The van der Waals surface area contributed by atoms with Crippen LogP contribution >= 0.6 is 11.3 Å². The molecule has 0 aliphatic rings. The van der Waals surface area contributed by atoms with Gasteiger partial charge in [0.1, 0.15) is 5.76 Å². The summed E-state index contributed by atoms with van der Waals surface area (Å²) in [5.74, 6) is 1.07. The Hall–Kier alpha value is -3.19. The maximum atomic E-state index is 12.7. The summed E-state index contributed by atoms with van der Waals surface area (Å²) in [7, 11) is 0. The van der Waals surface area contributed by atoms with Crippen LogP contribution in [0.4, 0.5) is 5.69 Å². The summed E-state index contributed by atoms with van der Waals surface area (Å²) in [6, 6.07) is 12.0. The van der Waals surface area contributed by atoms with E-state index in [9.17, 15) is 4.79 Å². The quantitative estimate of drug-likeness (QED) is 0.506. The van der Waals surface area contributed by atoms with E-state index < -0.39 is 0 Å². The van der Waals surface area contributed by atoms with Crippen molar-refractivity contribution in [1.82, 2.24) is 14.8 Å². The third kappa shape index (κ3) is 3.86. The molecule has 4 rings (SSSR count). The minimum absolute atomic E-state index is 0.145. The fraction of sp³-hybridized carbons (Fsp3) is 0.227. The molecule has 29 heavy (non-hydrogen) atoms. The second-order valence-electron chi connectivity index (χ2n) is 7.02. The summed E-state index contributed by atoms with van der Waals surface area (Å²) < 4.78 is 7.58. The van der Waals surface area contributed by atoms with Crippen LogP contribution in [0.15, 0.2) is 46.2 Å². The Morgan fingerprint density at radius 2 is 1.90 bits per heavy atom. The highest BCUT2D eigenvalue weighted by atomic mass is 32.1. The van der Waals surface area contributed by atoms with E-state index in [0.717, 1.165) is 27.6 Å². The van der Waals surface area contributed by atoms with Gasteiger partial charge in [-0.3, -0.25) is 4.79 Å². The van der Waals surface area contributed by atoms with Crippen molar-refractivity contribution in [3.8, 4) is 16.5 Å². The summed E-state index contributed by atoms with van der Waals surface area (Å²) in [6.45, 7) is 7.72. The lowest BCUT2D eigenvalue weighted by molar-refractivity contribution is -0.115. The number of hydrogen-bond acceptors (Lipinski definition) is 5. The largest absolute Gasteiger partial charge is 0.440 e. The van der Waals surface area contributed by atoms with Gasteiger partial charge in [0.25, 0.3) is 0 Å². The van der Waals surface area contributed by atoms with Crippen molar-refractivity contribution in [2.75, 3.05) is 5.32 Å². The van der Waals surface area contributed by atoms with Crippen LogP contribution in [0.1, 0.15) is 28.4 Å². The smallest absolute Gasteiger partial charge is 0.236 e. The topological polar surface area (TPSA) is 73.0 Å². The van der Waals surface area contributed by atoms with E-state index in [2.05, 4.69) is 15.4 Å². The number of hydrogen-bond donors (Lipinski definition) is 1. The van der Waals surface area contributed by atoms with Gasteiger partial charge in [-0.05, 0) is 51.3 Å². The zero-order valence-electron chi connectivity index (χ0n) is 16.8. The third-order valence-electron chi connectivity index (χ3n) is 4.79. The highest BCUT2D eigenvalue weighted by Gasteiger charge is 2.19. The van der Waals surface area contributed by atoms with Gasteiger partial charge in [-0.2, -0.15) is 5.10 Å². The number of aromatic nitrogens is 3. The van der Waals surface area contributed by atoms with Gasteiger partial charge in [0.2, 0.25) is 11.8 Å². The number of nitrogens with one attached hydrogen (secondary N) is 1. The molecule has 3 aromatic heterocycles. The number of rotatable bonds is 5. The number of carbonyl (C=O) groups is 1. The number of aryl methyl sites for hydroxylation is 3. The first-order valence-corrected chi connectivity index (χ1v) is 10.2. The zero-order valence-corrected chi connectivity index (χ0v) is 17.6. The molecule has 1 amide bonds. The molecule has 0 unspecified atom stereocenters. The molecule has 1 N–H and O–H groups in total. The number of benzene rings is 1. The Balaban J connectivity index is 1.53. The number of anilines is 1. The lowest BCUT2D eigenvalue weighted by Gasteiger charge is -2.07. The number of amides is 1. The summed E-state index contributed by atoms with van der Waals surface area (Å²) in [5, 5.41) is 9.56. The van der Waals surface area contributed by atoms with E-state index in [0.29, 0.717) is 17.3 Å². The molecule has 3 heterocycles. The normalized spacial score (nSPS) is 11.0. The van der Waals surface area contributed by atoms with Gasteiger partial charge in [0, 0.05) is 0 Å². The molecule has 0 fully saturated rings. The van der Waals surface area contributed by atoms with Crippen LogP contribution in [-0.4, -0.2) is 20.7 Å². The molecule has 0 saturated carbocycles. The van der Waals surface area contributed by atoms with Gasteiger partial charge in [-0.1, -0.05) is 23.8 Å². The number of carbonyl (C=O) groups excluding carboxylic acids is 1. The first kappa shape index (κ1) is 19.1. The lowest BCUT2D eigenvalue weighted by Crippen LogP contribution is -2.16. The van der Waals surface area contributed by atoms with E-state index in [1.54, 1.807) is 11.3 Å². The number of thiophene rings is 1. The van der Waals surface area contributed by atoms with Crippen molar-refractivity contribution in [2.24, 2.45) is 0 Å². The van der Waals surface area contributed by atoms with E-state index in [-0.39, 0.29) is 12.3 Å². The standard InChI is InChI=1S/C22H22N4O2S/c1-13-7-9-17(10-8-13)26-15(3)21(14(2)25-26)24-20(27)12-18-16(4)28-22(23-18)19-6-5-11-29-19/h5-11H,12H2,1-4H3,(H,24,27). The average Bonchev–Trinajstić information content (AvgIpc) is 3.40. The van der Waals surface area contributed by atoms with Crippen LogP contribution < -0.4 is 5.32 Å². The minimum Gasteiger partial charge on any atom is -0.440 e. The fourth-order valence-electron chi connectivity index (χ4n) is 3.19. The second kappa shape index (κ2) is 7.67. The van der Waals surface area contributed by atoms with Crippen molar-refractivity contribution in [2.45, 2.75) is 34.1 Å². The summed E-state index contributed by atoms with van der Waals surface area (Å²) in [6.07, 6.45) is 0.148. The molecular weight excluding hydrogens is 384 g/mol. The molecule has 0 radical (unpaired) electrons. The third-order valence-corrected chi connectivity index (χ3v) is 5.64. The fourth-order valence-corrected chi connectivity index (χ4v) is 3.84. The predicted molar refractivity (Wildman–Crippen MR) is 115 cm³/mol. The van der Waals surface area contributed by atoms with Gasteiger partial charge in [-0.25, -0.2) is 9.67 Å². The number of nitrogens with zero attached hydrogens (tertiary/aromatic N) is 3. The summed E-state index contributed by atoms with van der Waals surface area (Å²) in [5.41, 5.74) is 5.18. The summed E-state index contributed by atoms with van der Waals surface area (Å²) in [4.78, 5) is 18.1. The van der Waals surface area contributed by atoms with Crippen LogP contribution in [0.5, 0.6) is 0 Å². The van der Waals surface area contributed by atoms with Crippen LogP contribution in [0.2, 0.25) is 0 Å². The van der Waals surface area contributed by atoms with Gasteiger partial charge in [0.15, 0.2) is 0 Å². The molecule has 0 atom stereocenters. The summed E-state index contributed by atoms with van der Waals surface area (Å²) >= 11 is 1.56. The van der Waals surface area contributed by atoms with Crippen LogP contribution in [0, 0.1) is 27.7 Å². The van der Waals surface area contributed by atoms with Crippen LogP contribution in [-0.2, 0) is 11.2 Å². The molecule has 0 saturated heterocycles. The molecule has 1 aromatic carbocycles. The monoisotopic (exact) mass is 406 g/mol. The zero-order chi connectivity index (χ0) is 20.5. The molecule has 148 valence electrons. The molecule has 0 aliphatic carbocycles. The number of oxazole rings is 1. The van der Waals surface area contributed by atoms with Crippen molar-refractivity contribution < 1.29 is 9.21 Å². The average molecular weight is 407 g/mol. The molecule has 0 bridgehead atoms. The Kier molecular flexibility index (Phi) is 5.07. The first-order chi connectivity index (χ1) is 13.9. The Labute approximate surface area is 173 Å². The van der Waals surface area contributed by atoms with Crippen molar-refractivity contribution >= 4 is 22.9 Å². The molecule has 0 spiro atoms.